The summed E-state index contributed by atoms with van der Waals surface area (Å²) in [6, 6.07) is 10.6. The van der Waals surface area contributed by atoms with Crippen molar-refractivity contribution in [3.63, 3.8) is 0 Å². The molecule has 0 unspecified atom stereocenters. The molecular weight excluding hydrogens is 216 g/mol. The highest BCUT2D eigenvalue weighted by molar-refractivity contribution is 5.87. The van der Waals surface area contributed by atoms with Crippen LogP contribution in [0.2, 0.25) is 0 Å². The van der Waals surface area contributed by atoms with Gasteiger partial charge >= 0.3 is 5.97 Å². The fourth-order valence-corrected chi connectivity index (χ4v) is 1.54. The molecule has 1 N–H and O–H groups in total. The lowest BCUT2D eigenvalue weighted by atomic mass is 10.1. The van der Waals surface area contributed by atoms with Crippen molar-refractivity contribution in [1.29, 1.82) is 0 Å². The molecule has 0 saturated carbocycles. The molecular formula is C13H12N2O2. The normalized spacial score (nSPS) is 10.2. The highest BCUT2D eigenvalue weighted by atomic mass is 16.4. The quantitative estimate of drug-likeness (QED) is 0.873. The van der Waals surface area contributed by atoms with Gasteiger partial charge in [-0.3, -0.25) is 0 Å². The van der Waals surface area contributed by atoms with Crippen molar-refractivity contribution in [3.05, 3.63) is 58.9 Å². The van der Waals surface area contributed by atoms with E-state index in [2.05, 4.69) is 10.2 Å². The molecule has 0 radical (unpaired) electrons. The van der Waals surface area contributed by atoms with E-state index in [0.717, 1.165) is 17.0 Å². The average molecular weight is 228 g/mol. The Hall–Kier alpha value is -2.23. The summed E-state index contributed by atoms with van der Waals surface area (Å²) in [6.45, 7) is 1.88. The standard InChI is InChI=1S/C13H12N2O2/c1-9-5-6-12(15-14-9)8-10-3-2-4-11(7-10)13(16)17/h2-7H,8H2,1H3,(H,16,17). The van der Waals surface area contributed by atoms with Gasteiger partial charge < -0.3 is 5.11 Å². The molecule has 86 valence electrons. The van der Waals surface area contributed by atoms with Crippen molar-refractivity contribution in [2.45, 2.75) is 13.3 Å². The van der Waals surface area contributed by atoms with E-state index >= 15 is 0 Å². The first kappa shape index (κ1) is 11.3. The van der Waals surface area contributed by atoms with Gasteiger partial charge in [-0.1, -0.05) is 12.1 Å². The molecule has 17 heavy (non-hydrogen) atoms. The topological polar surface area (TPSA) is 63.1 Å². The minimum absolute atomic E-state index is 0.294. The monoisotopic (exact) mass is 228 g/mol. The first-order valence-electron chi connectivity index (χ1n) is 5.26. The lowest BCUT2D eigenvalue weighted by Gasteiger charge is -2.02. The second-order valence-electron chi connectivity index (χ2n) is 3.85. The van der Waals surface area contributed by atoms with Gasteiger partial charge in [0.15, 0.2) is 0 Å². The van der Waals surface area contributed by atoms with Gasteiger partial charge in [0, 0.05) is 6.42 Å². The molecule has 0 aliphatic rings. The Balaban J connectivity index is 2.21. The molecule has 0 amide bonds. The van der Waals surface area contributed by atoms with E-state index in [0.29, 0.717) is 12.0 Å². The van der Waals surface area contributed by atoms with Gasteiger partial charge in [0.05, 0.1) is 17.0 Å². The Morgan fingerprint density at radius 1 is 1.24 bits per heavy atom. The number of benzene rings is 1. The molecule has 0 saturated heterocycles. The number of carboxylic acid groups (broad SMARTS) is 1. The number of carbonyl (C=O) groups is 1. The van der Waals surface area contributed by atoms with Crippen LogP contribution >= 0.6 is 0 Å². The smallest absolute Gasteiger partial charge is 0.335 e. The third kappa shape index (κ3) is 2.87. The number of nitrogens with zero attached hydrogens (tertiary/aromatic N) is 2. The van der Waals surface area contributed by atoms with Gasteiger partial charge in [-0.05, 0) is 36.8 Å². The molecule has 0 atom stereocenters. The SMILES string of the molecule is Cc1ccc(Cc2cccc(C(=O)O)c2)nn1. The van der Waals surface area contributed by atoms with Crippen LogP contribution in [0.1, 0.15) is 27.3 Å². The summed E-state index contributed by atoms with van der Waals surface area (Å²) in [5.41, 5.74) is 2.91. The van der Waals surface area contributed by atoms with E-state index in [1.165, 1.54) is 0 Å². The molecule has 1 aromatic heterocycles. The van der Waals surface area contributed by atoms with Crippen molar-refractivity contribution in [2.75, 3.05) is 0 Å². The molecule has 0 fully saturated rings. The molecule has 0 bridgehead atoms. The summed E-state index contributed by atoms with van der Waals surface area (Å²) < 4.78 is 0. The summed E-state index contributed by atoms with van der Waals surface area (Å²) in [6.07, 6.45) is 0.592. The second kappa shape index (κ2) is 4.74. The zero-order valence-electron chi connectivity index (χ0n) is 9.42. The molecule has 2 aromatic rings. The van der Waals surface area contributed by atoms with Crippen LogP contribution in [-0.4, -0.2) is 21.3 Å². The van der Waals surface area contributed by atoms with E-state index in [1.807, 2.05) is 25.1 Å². The van der Waals surface area contributed by atoms with Gasteiger partial charge in [0.1, 0.15) is 0 Å². The van der Waals surface area contributed by atoms with Crippen molar-refractivity contribution in [3.8, 4) is 0 Å². The van der Waals surface area contributed by atoms with E-state index in [1.54, 1.807) is 18.2 Å². The van der Waals surface area contributed by atoms with Crippen LogP contribution in [0.5, 0.6) is 0 Å². The fraction of sp³-hybridized carbons (Fsp3) is 0.154. The van der Waals surface area contributed by atoms with E-state index in [-0.39, 0.29) is 0 Å². The summed E-state index contributed by atoms with van der Waals surface area (Å²) in [5.74, 6) is -0.915. The van der Waals surface area contributed by atoms with Crippen LogP contribution in [0.15, 0.2) is 36.4 Å². The van der Waals surface area contributed by atoms with Gasteiger partial charge in [-0.25, -0.2) is 4.79 Å². The minimum Gasteiger partial charge on any atom is -0.478 e. The van der Waals surface area contributed by atoms with Crippen molar-refractivity contribution >= 4 is 5.97 Å². The predicted octanol–water partition coefficient (Wildman–Crippen LogP) is 2.07. The van der Waals surface area contributed by atoms with Crippen LogP contribution in [0.3, 0.4) is 0 Å². The largest absolute Gasteiger partial charge is 0.478 e. The van der Waals surface area contributed by atoms with Crippen molar-refractivity contribution in [2.24, 2.45) is 0 Å². The minimum atomic E-state index is -0.915. The lowest BCUT2D eigenvalue weighted by Crippen LogP contribution is -1.99. The Morgan fingerprint density at radius 2 is 2.06 bits per heavy atom. The number of hydrogen-bond acceptors (Lipinski definition) is 3. The summed E-state index contributed by atoms with van der Waals surface area (Å²) in [5, 5.41) is 16.9. The maximum absolute atomic E-state index is 10.8. The average Bonchev–Trinajstić information content (AvgIpc) is 2.32. The highest BCUT2D eigenvalue weighted by Gasteiger charge is 2.04. The molecule has 0 aliphatic carbocycles. The maximum atomic E-state index is 10.8. The van der Waals surface area contributed by atoms with E-state index in [9.17, 15) is 4.79 Å². The Bertz CT molecular complexity index is 535. The molecule has 1 aromatic carbocycles. The molecule has 4 nitrogen and oxygen atoms in total. The van der Waals surface area contributed by atoms with Crippen LogP contribution in [0, 0.1) is 6.92 Å². The summed E-state index contributed by atoms with van der Waals surface area (Å²) >= 11 is 0. The van der Waals surface area contributed by atoms with Crippen LogP contribution in [0.4, 0.5) is 0 Å². The zero-order valence-corrected chi connectivity index (χ0v) is 9.42. The fourth-order valence-electron chi connectivity index (χ4n) is 1.54. The molecule has 0 aliphatic heterocycles. The Morgan fingerprint density at radius 3 is 2.71 bits per heavy atom. The number of aromatic nitrogens is 2. The first-order valence-corrected chi connectivity index (χ1v) is 5.26. The van der Waals surface area contributed by atoms with Crippen molar-refractivity contribution in [1.82, 2.24) is 10.2 Å². The third-order valence-electron chi connectivity index (χ3n) is 2.41. The predicted molar refractivity (Wildman–Crippen MR) is 63.0 cm³/mol. The van der Waals surface area contributed by atoms with Crippen LogP contribution in [0.25, 0.3) is 0 Å². The van der Waals surface area contributed by atoms with Gasteiger partial charge in [-0.2, -0.15) is 10.2 Å². The van der Waals surface area contributed by atoms with Gasteiger partial charge in [0.2, 0.25) is 0 Å². The maximum Gasteiger partial charge on any atom is 0.335 e. The van der Waals surface area contributed by atoms with Gasteiger partial charge in [0.25, 0.3) is 0 Å². The molecule has 1 heterocycles. The summed E-state index contributed by atoms with van der Waals surface area (Å²) in [4.78, 5) is 10.8. The number of carboxylic acids is 1. The third-order valence-corrected chi connectivity index (χ3v) is 2.41. The lowest BCUT2D eigenvalue weighted by molar-refractivity contribution is 0.0697. The van der Waals surface area contributed by atoms with Crippen molar-refractivity contribution < 1.29 is 9.90 Å². The Kier molecular flexibility index (Phi) is 3.14. The van der Waals surface area contributed by atoms with E-state index in [4.69, 9.17) is 5.11 Å². The zero-order chi connectivity index (χ0) is 12.3. The van der Waals surface area contributed by atoms with E-state index < -0.39 is 5.97 Å². The first-order chi connectivity index (χ1) is 8.15. The Labute approximate surface area is 98.9 Å². The molecule has 4 heteroatoms. The van der Waals surface area contributed by atoms with Crippen LogP contribution < -0.4 is 0 Å². The summed E-state index contributed by atoms with van der Waals surface area (Å²) in [7, 11) is 0. The molecule has 2 rings (SSSR count). The number of aromatic carboxylic acids is 1. The highest BCUT2D eigenvalue weighted by Crippen LogP contribution is 2.10. The number of aryl methyl sites for hydroxylation is 1. The number of hydrogen-bond donors (Lipinski definition) is 1. The van der Waals surface area contributed by atoms with Crippen LogP contribution in [-0.2, 0) is 6.42 Å². The molecule has 0 spiro atoms. The van der Waals surface area contributed by atoms with Gasteiger partial charge in [-0.15, -0.1) is 0 Å². The number of rotatable bonds is 3. The second-order valence-corrected chi connectivity index (χ2v) is 3.85.